The second-order valence-corrected chi connectivity index (χ2v) is 2.99. The molecule has 0 aliphatic rings. The Bertz CT molecular complexity index is 321. The number of hydrogen-bond acceptors (Lipinski definition) is 2. The SMILES string of the molecule is CCC(=O)Nc1ccc(C)cc1N. The Labute approximate surface area is 77.9 Å². The molecule has 1 aromatic carbocycles. The van der Waals surface area contributed by atoms with Gasteiger partial charge in [0.1, 0.15) is 0 Å². The number of amides is 1. The Morgan fingerprint density at radius 2 is 2.23 bits per heavy atom. The van der Waals surface area contributed by atoms with Gasteiger partial charge in [-0.2, -0.15) is 0 Å². The van der Waals surface area contributed by atoms with E-state index in [2.05, 4.69) is 5.32 Å². The molecule has 3 N–H and O–H groups in total. The quantitative estimate of drug-likeness (QED) is 0.680. The summed E-state index contributed by atoms with van der Waals surface area (Å²) in [5, 5.41) is 2.72. The van der Waals surface area contributed by atoms with Crippen LogP contribution in [0.2, 0.25) is 0 Å². The fraction of sp³-hybridized carbons (Fsp3) is 0.300. The van der Waals surface area contributed by atoms with E-state index in [9.17, 15) is 4.79 Å². The summed E-state index contributed by atoms with van der Waals surface area (Å²) < 4.78 is 0. The normalized spacial score (nSPS) is 9.69. The molecule has 3 heteroatoms. The van der Waals surface area contributed by atoms with Gasteiger partial charge in [0.05, 0.1) is 11.4 Å². The lowest BCUT2D eigenvalue weighted by molar-refractivity contribution is -0.115. The summed E-state index contributed by atoms with van der Waals surface area (Å²) in [6.07, 6.45) is 0.466. The molecule has 13 heavy (non-hydrogen) atoms. The van der Waals surface area contributed by atoms with Crippen molar-refractivity contribution in [2.75, 3.05) is 11.1 Å². The Balaban J connectivity index is 2.83. The molecule has 0 spiro atoms. The second-order valence-electron chi connectivity index (χ2n) is 2.99. The summed E-state index contributed by atoms with van der Waals surface area (Å²) in [5.41, 5.74) is 8.10. The summed E-state index contributed by atoms with van der Waals surface area (Å²) >= 11 is 0. The first-order chi connectivity index (χ1) is 6.13. The molecule has 0 aromatic heterocycles. The molecule has 3 nitrogen and oxygen atoms in total. The standard InChI is InChI=1S/C10H14N2O/c1-3-10(13)12-9-5-4-7(2)6-8(9)11/h4-6H,3,11H2,1-2H3,(H,12,13). The largest absolute Gasteiger partial charge is 0.397 e. The maximum Gasteiger partial charge on any atom is 0.224 e. The first-order valence-corrected chi connectivity index (χ1v) is 4.29. The predicted octanol–water partition coefficient (Wildman–Crippen LogP) is 1.93. The molecule has 0 saturated carbocycles. The van der Waals surface area contributed by atoms with Crippen LogP contribution in [0.1, 0.15) is 18.9 Å². The van der Waals surface area contributed by atoms with Gasteiger partial charge in [-0.15, -0.1) is 0 Å². The molecule has 0 bridgehead atoms. The lowest BCUT2D eigenvalue weighted by Crippen LogP contribution is -2.11. The van der Waals surface area contributed by atoms with Gasteiger partial charge in [-0.25, -0.2) is 0 Å². The van der Waals surface area contributed by atoms with Gasteiger partial charge in [-0.1, -0.05) is 13.0 Å². The predicted molar refractivity (Wildman–Crippen MR) is 54.5 cm³/mol. The van der Waals surface area contributed by atoms with Gasteiger partial charge in [-0.05, 0) is 24.6 Å². The zero-order valence-corrected chi connectivity index (χ0v) is 7.92. The minimum absolute atomic E-state index is 0.0180. The van der Waals surface area contributed by atoms with E-state index in [-0.39, 0.29) is 5.91 Å². The van der Waals surface area contributed by atoms with Crippen LogP contribution >= 0.6 is 0 Å². The van der Waals surface area contributed by atoms with Crippen LogP contribution in [0.5, 0.6) is 0 Å². The molecule has 1 rings (SSSR count). The van der Waals surface area contributed by atoms with E-state index >= 15 is 0 Å². The molecular formula is C10H14N2O. The molecule has 70 valence electrons. The molecule has 0 unspecified atom stereocenters. The third-order valence-electron chi connectivity index (χ3n) is 1.80. The number of anilines is 2. The van der Waals surface area contributed by atoms with Gasteiger partial charge in [0, 0.05) is 6.42 Å². The van der Waals surface area contributed by atoms with Crippen molar-refractivity contribution >= 4 is 17.3 Å². The van der Waals surface area contributed by atoms with E-state index in [0.717, 1.165) is 5.56 Å². The molecule has 1 aromatic rings. The number of benzene rings is 1. The third-order valence-corrected chi connectivity index (χ3v) is 1.80. The highest BCUT2D eigenvalue weighted by atomic mass is 16.1. The highest BCUT2D eigenvalue weighted by Gasteiger charge is 2.01. The van der Waals surface area contributed by atoms with Crippen molar-refractivity contribution in [2.45, 2.75) is 20.3 Å². The molecule has 0 atom stereocenters. The summed E-state index contributed by atoms with van der Waals surface area (Å²) in [7, 11) is 0. The summed E-state index contributed by atoms with van der Waals surface area (Å²) in [6.45, 7) is 3.77. The van der Waals surface area contributed by atoms with Crippen molar-refractivity contribution < 1.29 is 4.79 Å². The van der Waals surface area contributed by atoms with Gasteiger partial charge in [0.15, 0.2) is 0 Å². The average molecular weight is 178 g/mol. The van der Waals surface area contributed by atoms with Gasteiger partial charge in [0.2, 0.25) is 5.91 Å². The van der Waals surface area contributed by atoms with Crippen LogP contribution in [0.25, 0.3) is 0 Å². The van der Waals surface area contributed by atoms with Crippen molar-refractivity contribution in [3.8, 4) is 0 Å². The second kappa shape index (κ2) is 3.94. The monoisotopic (exact) mass is 178 g/mol. The number of carbonyl (C=O) groups is 1. The van der Waals surface area contributed by atoms with Crippen LogP contribution in [0.15, 0.2) is 18.2 Å². The smallest absolute Gasteiger partial charge is 0.224 e. The maximum atomic E-state index is 11.1. The van der Waals surface area contributed by atoms with Crippen molar-refractivity contribution in [1.82, 2.24) is 0 Å². The number of hydrogen-bond donors (Lipinski definition) is 2. The van der Waals surface area contributed by atoms with Gasteiger partial charge in [-0.3, -0.25) is 4.79 Å². The van der Waals surface area contributed by atoms with Gasteiger partial charge < -0.3 is 11.1 Å². The number of nitrogens with one attached hydrogen (secondary N) is 1. The van der Waals surface area contributed by atoms with Gasteiger partial charge >= 0.3 is 0 Å². The molecule has 0 radical (unpaired) electrons. The Kier molecular flexibility index (Phi) is 2.90. The van der Waals surface area contributed by atoms with Crippen LogP contribution < -0.4 is 11.1 Å². The van der Waals surface area contributed by atoms with E-state index in [1.165, 1.54) is 0 Å². The third kappa shape index (κ3) is 2.47. The van der Waals surface area contributed by atoms with Crippen molar-refractivity contribution in [2.24, 2.45) is 0 Å². The Hall–Kier alpha value is -1.51. The highest BCUT2D eigenvalue weighted by Crippen LogP contribution is 2.19. The summed E-state index contributed by atoms with van der Waals surface area (Å²) in [6, 6.07) is 5.57. The van der Waals surface area contributed by atoms with E-state index in [1.807, 2.05) is 25.1 Å². The number of nitrogens with two attached hydrogens (primary N) is 1. The number of nitrogen functional groups attached to an aromatic ring is 1. The van der Waals surface area contributed by atoms with Crippen molar-refractivity contribution in [1.29, 1.82) is 0 Å². The molecule has 0 saturated heterocycles. The summed E-state index contributed by atoms with van der Waals surface area (Å²) in [4.78, 5) is 11.1. The van der Waals surface area contributed by atoms with Crippen LogP contribution in [-0.4, -0.2) is 5.91 Å². The fourth-order valence-corrected chi connectivity index (χ4v) is 1.03. The zero-order valence-electron chi connectivity index (χ0n) is 7.92. The minimum atomic E-state index is -0.0180. The molecule has 0 aliphatic heterocycles. The first kappa shape index (κ1) is 9.58. The molecule has 0 aliphatic carbocycles. The molecular weight excluding hydrogens is 164 g/mol. The first-order valence-electron chi connectivity index (χ1n) is 4.29. The van der Waals surface area contributed by atoms with Crippen LogP contribution in [0.4, 0.5) is 11.4 Å². The van der Waals surface area contributed by atoms with Crippen LogP contribution in [0, 0.1) is 6.92 Å². The van der Waals surface area contributed by atoms with Crippen molar-refractivity contribution in [3.63, 3.8) is 0 Å². The fourth-order valence-electron chi connectivity index (χ4n) is 1.03. The van der Waals surface area contributed by atoms with E-state index < -0.39 is 0 Å². The van der Waals surface area contributed by atoms with Crippen LogP contribution in [-0.2, 0) is 4.79 Å². The highest BCUT2D eigenvalue weighted by molar-refractivity contribution is 5.93. The topological polar surface area (TPSA) is 55.1 Å². The Morgan fingerprint density at radius 3 is 2.77 bits per heavy atom. The summed E-state index contributed by atoms with van der Waals surface area (Å²) in [5.74, 6) is -0.0180. The number of rotatable bonds is 2. The van der Waals surface area contributed by atoms with E-state index in [1.54, 1.807) is 6.92 Å². The van der Waals surface area contributed by atoms with E-state index in [0.29, 0.717) is 17.8 Å². The maximum absolute atomic E-state index is 11.1. The number of carbonyl (C=O) groups excluding carboxylic acids is 1. The lowest BCUT2D eigenvalue weighted by atomic mass is 10.2. The van der Waals surface area contributed by atoms with Gasteiger partial charge in [0.25, 0.3) is 0 Å². The molecule has 0 heterocycles. The number of aryl methyl sites for hydroxylation is 1. The van der Waals surface area contributed by atoms with E-state index in [4.69, 9.17) is 5.73 Å². The van der Waals surface area contributed by atoms with Crippen molar-refractivity contribution in [3.05, 3.63) is 23.8 Å². The molecule has 1 amide bonds. The average Bonchev–Trinajstić information content (AvgIpc) is 2.09. The Morgan fingerprint density at radius 1 is 1.54 bits per heavy atom. The zero-order chi connectivity index (χ0) is 9.84. The molecule has 0 fully saturated rings. The minimum Gasteiger partial charge on any atom is -0.397 e. The van der Waals surface area contributed by atoms with Crippen LogP contribution in [0.3, 0.4) is 0 Å². The lowest BCUT2D eigenvalue weighted by Gasteiger charge is -2.07.